The number of hydrogen-bond donors (Lipinski definition) is 1. The molecule has 7 heteroatoms. The summed E-state index contributed by atoms with van der Waals surface area (Å²) in [5.74, 6) is 0.302. The molecule has 2 aromatic carbocycles. The quantitative estimate of drug-likeness (QED) is 0.298. The Balaban J connectivity index is 2.00. The summed E-state index contributed by atoms with van der Waals surface area (Å²) in [5, 5.41) is 17.1. The molecular formula is C25H26N4O3. The van der Waals surface area contributed by atoms with Gasteiger partial charge in [-0.2, -0.15) is 10.4 Å². The average molecular weight is 431 g/mol. The maximum absolute atomic E-state index is 12.5. The number of benzene rings is 2. The molecule has 1 N–H and O–H groups in total. The van der Waals surface area contributed by atoms with E-state index in [0.717, 1.165) is 17.0 Å². The second kappa shape index (κ2) is 11.5. The first kappa shape index (κ1) is 22.8. The Morgan fingerprint density at radius 1 is 1.22 bits per heavy atom. The fourth-order valence-electron chi connectivity index (χ4n) is 3.15. The van der Waals surface area contributed by atoms with E-state index in [1.807, 2.05) is 73.8 Å². The highest BCUT2D eigenvalue weighted by Gasteiger charge is 2.15. The van der Waals surface area contributed by atoms with E-state index in [2.05, 4.69) is 5.32 Å². The van der Waals surface area contributed by atoms with Gasteiger partial charge in [0.25, 0.3) is 5.91 Å². The maximum atomic E-state index is 12.5. The van der Waals surface area contributed by atoms with Gasteiger partial charge < -0.3 is 14.8 Å². The monoisotopic (exact) mass is 430 g/mol. The van der Waals surface area contributed by atoms with Crippen LogP contribution in [-0.4, -0.2) is 42.6 Å². The highest BCUT2D eigenvalue weighted by molar-refractivity contribution is 6.02. The molecule has 0 spiro atoms. The normalized spacial score (nSPS) is 11.1. The molecule has 3 aromatic rings. The van der Waals surface area contributed by atoms with Gasteiger partial charge in [0, 0.05) is 37.6 Å². The van der Waals surface area contributed by atoms with Crippen LogP contribution in [0.2, 0.25) is 0 Å². The van der Waals surface area contributed by atoms with Crippen molar-refractivity contribution in [1.82, 2.24) is 15.1 Å². The molecule has 1 aromatic heterocycles. The number of nitrogens with zero attached hydrogens (tertiary/aromatic N) is 3. The fraction of sp³-hybridized carbons (Fsp3) is 0.240. The first-order valence-electron chi connectivity index (χ1n) is 10.4. The molecule has 1 amide bonds. The summed E-state index contributed by atoms with van der Waals surface area (Å²) in [6.07, 6.45) is 4.05. The van der Waals surface area contributed by atoms with Crippen LogP contribution in [0.1, 0.15) is 18.9 Å². The summed E-state index contributed by atoms with van der Waals surface area (Å²) in [6.45, 7) is 3.44. The maximum Gasteiger partial charge on any atom is 0.261 e. The van der Waals surface area contributed by atoms with Crippen LogP contribution in [0.25, 0.3) is 23.0 Å². The predicted octanol–water partition coefficient (Wildman–Crippen LogP) is 4.00. The Morgan fingerprint density at radius 3 is 2.75 bits per heavy atom. The van der Waals surface area contributed by atoms with Gasteiger partial charge >= 0.3 is 0 Å². The molecule has 0 aliphatic heterocycles. The van der Waals surface area contributed by atoms with Crippen LogP contribution in [0.5, 0.6) is 5.75 Å². The number of amides is 1. The summed E-state index contributed by atoms with van der Waals surface area (Å²) in [6, 6.07) is 19.3. The van der Waals surface area contributed by atoms with Crippen molar-refractivity contribution < 1.29 is 14.3 Å². The van der Waals surface area contributed by atoms with Crippen molar-refractivity contribution in [2.75, 3.05) is 26.9 Å². The zero-order chi connectivity index (χ0) is 22.8. The molecule has 32 heavy (non-hydrogen) atoms. The number of carbonyl (C=O) groups excluding carboxylic acids is 1. The Bertz CT molecular complexity index is 1110. The van der Waals surface area contributed by atoms with Crippen LogP contribution >= 0.6 is 0 Å². The minimum atomic E-state index is -0.426. The Labute approximate surface area is 187 Å². The van der Waals surface area contributed by atoms with Crippen LogP contribution in [0.15, 0.2) is 66.4 Å². The van der Waals surface area contributed by atoms with Gasteiger partial charge in [0.15, 0.2) is 0 Å². The van der Waals surface area contributed by atoms with Gasteiger partial charge in [-0.3, -0.25) is 4.79 Å². The van der Waals surface area contributed by atoms with Crippen LogP contribution in [0.4, 0.5) is 0 Å². The summed E-state index contributed by atoms with van der Waals surface area (Å²) >= 11 is 0. The molecule has 1 heterocycles. The van der Waals surface area contributed by atoms with Crippen molar-refractivity contribution in [1.29, 1.82) is 5.26 Å². The lowest BCUT2D eigenvalue weighted by Crippen LogP contribution is -2.26. The van der Waals surface area contributed by atoms with E-state index < -0.39 is 5.91 Å². The zero-order valence-electron chi connectivity index (χ0n) is 18.2. The third-order valence-electron chi connectivity index (χ3n) is 4.66. The molecule has 0 saturated heterocycles. The minimum absolute atomic E-state index is 0.0113. The molecule has 0 fully saturated rings. The minimum Gasteiger partial charge on any atom is -0.494 e. The number of carbonyl (C=O) groups is 1. The zero-order valence-corrected chi connectivity index (χ0v) is 18.2. The van der Waals surface area contributed by atoms with Gasteiger partial charge in [-0.1, -0.05) is 30.3 Å². The van der Waals surface area contributed by atoms with Crippen molar-refractivity contribution in [2.24, 2.45) is 0 Å². The second-order valence-electron chi connectivity index (χ2n) is 6.95. The topological polar surface area (TPSA) is 89.2 Å². The van der Waals surface area contributed by atoms with Gasteiger partial charge in [0.05, 0.1) is 12.3 Å². The van der Waals surface area contributed by atoms with E-state index in [1.165, 1.54) is 0 Å². The van der Waals surface area contributed by atoms with Crippen LogP contribution in [-0.2, 0) is 9.53 Å². The SMILES string of the molecule is CCOc1cccc(-c2nn(-c3ccccc3)cc2C=C(C#N)C(=O)NCCCOC)c1. The Kier molecular flexibility index (Phi) is 8.18. The number of nitriles is 1. The van der Waals surface area contributed by atoms with Gasteiger partial charge in [-0.05, 0) is 43.7 Å². The van der Waals surface area contributed by atoms with Gasteiger partial charge in [-0.25, -0.2) is 4.68 Å². The fourth-order valence-corrected chi connectivity index (χ4v) is 3.15. The van der Waals surface area contributed by atoms with Crippen molar-refractivity contribution in [3.63, 3.8) is 0 Å². The summed E-state index contributed by atoms with van der Waals surface area (Å²) in [4.78, 5) is 12.5. The van der Waals surface area contributed by atoms with E-state index in [1.54, 1.807) is 17.9 Å². The highest BCUT2D eigenvalue weighted by atomic mass is 16.5. The van der Waals surface area contributed by atoms with E-state index in [0.29, 0.717) is 37.4 Å². The lowest BCUT2D eigenvalue weighted by molar-refractivity contribution is -0.117. The van der Waals surface area contributed by atoms with Gasteiger partial charge in [0.1, 0.15) is 23.1 Å². The average Bonchev–Trinajstić information content (AvgIpc) is 3.25. The van der Waals surface area contributed by atoms with Crippen LogP contribution in [0, 0.1) is 11.3 Å². The molecule has 164 valence electrons. The molecule has 0 aliphatic carbocycles. The smallest absolute Gasteiger partial charge is 0.261 e. The molecule has 0 saturated carbocycles. The first-order valence-corrected chi connectivity index (χ1v) is 10.4. The third-order valence-corrected chi connectivity index (χ3v) is 4.66. The second-order valence-corrected chi connectivity index (χ2v) is 6.95. The Hall–Kier alpha value is -3.89. The molecule has 7 nitrogen and oxygen atoms in total. The Morgan fingerprint density at radius 2 is 2.03 bits per heavy atom. The molecule has 0 unspecified atom stereocenters. The third kappa shape index (κ3) is 5.84. The van der Waals surface area contributed by atoms with Crippen molar-refractivity contribution in [2.45, 2.75) is 13.3 Å². The molecule has 0 aliphatic rings. The highest BCUT2D eigenvalue weighted by Crippen LogP contribution is 2.28. The van der Waals surface area contributed by atoms with E-state index in [4.69, 9.17) is 14.6 Å². The molecule has 0 bridgehead atoms. The van der Waals surface area contributed by atoms with E-state index in [9.17, 15) is 10.1 Å². The number of para-hydroxylation sites is 1. The largest absolute Gasteiger partial charge is 0.494 e. The lowest BCUT2D eigenvalue weighted by atomic mass is 10.1. The van der Waals surface area contributed by atoms with Crippen LogP contribution < -0.4 is 10.1 Å². The number of methoxy groups -OCH3 is 1. The number of aromatic nitrogens is 2. The standard InChI is InChI=1S/C25H26N4O3/c1-3-32-23-12-7-9-19(16-23)24-21(18-29(28-24)22-10-5-4-6-11-22)15-20(17-26)25(30)27-13-8-14-31-2/h4-7,9-12,15-16,18H,3,8,13-14H2,1-2H3,(H,27,30). The number of ether oxygens (including phenoxy) is 2. The first-order chi connectivity index (χ1) is 15.7. The van der Waals surface area contributed by atoms with Crippen molar-refractivity contribution in [3.05, 3.63) is 71.9 Å². The van der Waals surface area contributed by atoms with E-state index in [-0.39, 0.29) is 5.57 Å². The van der Waals surface area contributed by atoms with E-state index >= 15 is 0 Å². The molecule has 0 atom stereocenters. The summed E-state index contributed by atoms with van der Waals surface area (Å²) < 4.78 is 12.4. The number of hydrogen-bond acceptors (Lipinski definition) is 5. The number of nitrogens with one attached hydrogen (secondary N) is 1. The van der Waals surface area contributed by atoms with Crippen LogP contribution in [0.3, 0.4) is 0 Å². The van der Waals surface area contributed by atoms with Gasteiger partial charge in [-0.15, -0.1) is 0 Å². The predicted molar refractivity (Wildman–Crippen MR) is 123 cm³/mol. The van der Waals surface area contributed by atoms with Gasteiger partial charge in [0.2, 0.25) is 0 Å². The van der Waals surface area contributed by atoms with Crippen molar-refractivity contribution >= 4 is 12.0 Å². The molecule has 3 rings (SSSR count). The van der Waals surface area contributed by atoms with Crippen molar-refractivity contribution in [3.8, 4) is 28.8 Å². The number of rotatable bonds is 10. The lowest BCUT2D eigenvalue weighted by Gasteiger charge is -2.06. The summed E-state index contributed by atoms with van der Waals surface area (Å²) in [7, 11) is 1.61. The molecular weight excluding hydrogens is 404 g/mol. The summed E-state index contributed by atoms with van der Waals surface area (Å²) in [5.41, 5.74) is 3.02. The molecule has 0 radical (unpaired) electrons.